The van der Waals surface area contributed by atoms with Crippen LogP contribution in [0.5, 0.6) is 11.5 Å². The molecule has 0 radical (unpaired) electrons. The second kappa shape index (κ2) is 11.6. The number of anilines is 1. The summed E-state index contributed by atoms with van der Waals surface area (Å²) < 4.78 is 12.1. The topological polar surface area (TPSA) is 84.9 Å². The number of carbonyl (C=O) groups excluding carboxylic acids is 3. The summed E-state index contributed by atoms with van der Waals surface area (Å²) in [4.78, 5) is 39.0. The van der Waals surface area contributed by atoms with Gasteiger partial charge in [-0.05, 0) is 90.8 Å². The van der Waals surface area contributed by atoms with Gasteiger partial charge in [0.15, 0.2) is 18.1 Å². The maximum Gasteiger partial charge on any atom is 0.293 e. The molecule has 1 aliphatic rings. The molecule has 3 amide bonds. The van der Waals surface area contributed by atoms with Crippen LogP contribution in [0.1, 0.15) is 38.3 Å². The molecule has 34 heavy (non-hydrogen) atoms. The van der Waals surface area contributed by atoms with Crippen LogP contribution < -0.4 is 14.8 Å². The van der Waals surface area contributed by atoms with Crippen molar-refractivity contribution in [3.05, 3.63) is 56.9 Å². The van der Waals surface area contributed by atoms with Crippen molar-refractivity contribution in [1.82, 2.24) is 4.90 Å². The molecule has 0 aromatic heterocycles. The molecule has 2 aromatic carbocycles. The number of benzene rings is 2. The Balaban J connectivity index is 1.77. The molecule has 0 unspecified atom stereocenters. The van der Waals surface area contributed by atoms with Gasteiger partial charge < -0.3 is 14.8 Å². The van der Waals surface area contributed by atoms with E-state index in [1.165, 1.54) is 4.90 Å². The highest BCUT2D eigenvalue weighted by Gasteiger charge is 2.37. The van der Waals surface area contributed by atoms with Crippen LogP contribution in [-0.4, -0.2) is 41.2 Å². The monoisotopic (exact) mass is 546 g/mol. The van der Waals surface area contributed by atoms with Gasteiger partial charge in [-0.2, -0.15) is 0 Å². The van der Waals surface area contributed by atoms with Crippen LogP contribution in [0.2, 0.25) is 0 Å². The minimum Gasteiger partial charge on any atom is -0.490 e. The van der Waals surface area contributed by atoms with E-state index in [4.69, 9.17) is 9.47 Å². The lowest BCUT2D eigenvalue weighted by Crippen LogP contribution is -2.36. The molecule has 0 saturated carbocycles. The Bertz CT molecular complexity index is 1120. The van der Waals surface area contributed by atoms with Crippen LogP contribution >= 0.6 is 27.7 Å². The van der Waals surface area contributed by atoms with Crippen molar-refractivity contribution >= 4 is 56.5 Å². The van der Waals surface area contributed by atoms with Gasteiger partial charge in [0, 0.05) is 11.7 Å². The summed E-state index contributed by atoms with van der Waals surface area (Å²) in [6, 6.07) is 10.8. The van der Waals surface area contributed by atoms with Crippen LogP contribution in [0.4, 0.5) is 10.5 Å². The Labute approximate surface area is 212 Å². The summed E-state index contributed by atoms with van der Waals surface area (Å²) in [6.07, 6.45) is 2.35. The first-order valence-corrected chi connectivity index (χ1v) is 12.6. The maximum atomic E-state index is 12.7. The van der Waals surface area contributed by atoms with E-state index in [2.05, 4.69) is 21.2 Å². The molecule has 1 fully saturated rings. The van der Waals surface area contributed by atoms with Crippen molar-refractivity contribution in [2.75, 3.05) is 18.5 Å². The summed E-state index contributed by atoms with van der Waals surface area (Å²) in [5.74, 6) is 0.200. The molecule has 2 aromatic rings. The maximum absolute atomic E-state index is 12.7. The van der Waals surface area contributed by atoms with E-state index in [0.717, 1.165) is 17.3 Å². The smallest absolute Gasteiger partial charge is 0.293 e. The first kappa shape index (κ1) is 25.8. The molecule has 1 heterocycles. The number of nitrogens with one attached hydrogen (secondary N) is 1. The number of aryl methyl sites for hydroxylation is 1. The summed E-state index contributed by atoms with van der Waals surface area (Å²) in [5.41, 5.74) is 2.45. The number of imide groups is 1. The number of thioether (sulfide) groups is 1. The highest BCUT2D eigenvalue weighted by atomic mass is 79.9. The van der Waals surface area contributed by atoms with Gasteiger partial charge in [0.25, 0.3) is 17.1 Å². The van der Waals surface area contributed by atoms with Gasteiger partial charge in [-0.1, -0.05) is 24.6 Å². The van der Waals surface area contributed by atoms with Crippen molar-refractivity contribution in [1.29, 1.82) is 0 Å². The van der Waals surface area contributed by atoms with Gasteiger partial charge in [-0.15, -0.1) is 0 Å². The quantitative estimate of drug-likeness (QED) is 0.387. The molecule has 0 bridgehead atoms. The molecule has 0 aliphatic carbocycles. The Kier molecular flexibility index (Phi) is 8.79. The third-order valence-corrected chi connectivity index (χ3v) is 6.64. The number of carbonyl (C=O) groups is 3. The molecular weight excluding hydrogens is 520 g/mol. The fourth-order valence-electron chi connectivity index (χ4n) is 3.24. The fourth-order valence-corrected chi connectivity index (χ4v) is 4.74. The molecule has 1 saturated heterocycles. The molecule has 1 aliphatic heterocycles. The van der Waals surface area contributed by atoms with Crippen molar-refractivity contribution in [2.45, 2.75) is 40.2 Å². The molecule has 1 N–H and O–H groups in total. The molecule has 180 valence electrons. The number of hydrogen-bond acceptors (Lipinski definition) is 6. The van der Waals surface area contributed by atoms with E-state index in [0.29, 0.717) is 45.2 Å². The summed E-state index contributed by atoms with van der Waals surface area (Å²) >= 11 is 4.40. The average molecular weight is 547 g/mol. The van der Waals surface area contributed by atoms with Gasteiger partial charge in [0.05, 0.1) is 16.0 Å². The van der Waals surface area contributed by atoms with Gasteiger partial charge in [0.1, 0.15) is 0 Å². The Morgan fingerprint density at radius 2 is 1.88 bits per heavy atom. The van der Waals surface area contributed by atoms with Crippen LogP contribution in [0.3, 0.4) is 0 Å². The van der Waals surface area contributed by atoms with Crippen molar-refractivity contribution in [2.24, 2.45) is 0 Å². The van der Waals surface area contributed by atoms with Crippen LogP contribution in [0.15, 0.2) is 45.8 Å². The second-order valence-electron chi connectivity index (χ2n) is 7.77. The number of ether oxygens (including phenoxy) is 2. The van der Waals surface area contributed by atoms with Crippen molar-refractivity contribution in [3.8, 4) is 11.5 Å². The number of halogens is 1. The number of hydrogen-bond donors (Lipinski definition) is 1. The molecule has 3 rings (SSSR count). The van der Waals surface area contributed by atoms with Crippen molar-refractivity contribution in [3.63, 3.8) is 0 Å². The molecular formula is C25H27BrN2O5S. The zero-order valence-corrected chi connectivity index (χ0v) is 21.9. The lowest BCUT2D eigenvalue weighted by Gasteiger charge is -2.19. The number of nitrogens with zero attached hydrogens (tertiary/aromatic N) is 1. The van der Waals surface area contributed by atoms with Gasteiger partial charge in [-0.25, -0.2) is 0 Å². The van der Waals surface area contributed by atoms with E-state index in [9.17, 15) is 14.4 Å². The first-order valence-electron chi connectivity index (χ1n) is 11.0. The standard InChI is InChI=1S/C25H27BrN2O5S/c1-5-16(4)28-24(30)21(34-25(28)31)13-17-11-19(26)23(20(12-17)32-6-2)33-14-22(29)27-18-9-7-15(3)8-10-18/h7-13,16H,5-6,14H2,1-4H3,(H,27,29)/b21-13+/t16-/m1/s1. The van der Waals surface area contributed by atoms with Crippen LogP contribution in [-0.2, 0) is 9.59 Å². The Morgan fingerprint density at radius 1 is 1.18 bits per heavy atom. The van der Waals surface area contributed by atoms with Gasteiger partial charge in [0.2, 0.25) is 0 Å². The van der Waals surface area contributed by atoms with E-state index in [1.54, 1.807) is 18.2 Å². The van der Waals surface area contributed by atoms with Crippen LogP contribution in [0.25, 0.3) is 6.08 Å². The third-order valence-electron chi connectivity index (χ3n) is 5.17. The largest absolute Gasteiger partial charge is 0.490 e. The molecule has 9 heteroatoms. The first-order chi connectivity index (χ1) is 16.2. The molecule has 0 spiro atoms. The van der Waals surface area contributed by atoms with E-state index in [-0.39, 0.29) is 29.7 Å². The van der Waals surface area contributed by atoms with Crippen molar-refractivity contribution < 1.29 is 23.9 Å². The minimum atomic E-state index is -0.305. The summed E-state index contributed by atoms with van der Waals surface area (Å²) in [6.45, 7) is 7.77. The highest BCUT2D eigenvalue weighted by molar-refractivity contribution is 9.10. The SMILES string of the molecule is CCOc1cc(/C=C2/SC(=O)N([C@H](C)CC)C2=O)cc(Br)c1OCC(=O)Nc1ccc(C)cc1. The lowest BCUT2D eigenvalue weighted by molar-refractivity contribution is -0.124. The zero-order valence-electron chi connectivity index (χ0n) is 19.5. The third kappa shape index (κ3) is 6.21. The second-order valence-corrected chi connectivity index (χ2v) is 9.62. The average Bonchev–Trinajstić information content (AvgIpc) is 3.07. The van der Waals surface area contributed by atoms with Gasteiger partial charge >= 0.3 is 0 Å². The number of amides is 3. The minimum absolute atomic E-state index is 0.161. The Morgan fingerprint density at radius 3 is 2.53 bits per heavy atom. The van der Waals surface area contributed by atoms with Crippen LogP contribution in [0, 0.1) is 6.92 Å². The van der Waals surface area contributed by atoms with E-state index in [1.807, 2.05) is 52.0 Å². The normalized spacial score (nSPS) is 15.6. The zero-order chi connectivity index (χ0) is 24.8. The summed E-state index contributed by atoms with van der Waals surface area (Å²) in [5, 5.41) is 2.52. The van der Waals surface area contributed by atoms with E-state index >= 15 is 0 Å². The highest BCUT2D eigenvalue weighted by Crippen LogP contribution is 2.39. The number of rotatable bonds is 9. The fraction of sp³-hybridized carbons (Fsp3) is 0.320. The Hall–Kier alpha value is -2.78. The lowest BCUT2D eigenvalue weighted by atomic mass is 10.1. The predicted octanol–water partition coefficient (Wildman–Crippen LogP) is 6.01. The molecule has 7 nitrogen and oxygen atoms in total. The van der Waals surface area contributed by atoms with E-state index < -0.39 is 0 Å². The predicted molar refractivity (Wildman–Crippen MR) is 138 cm³/mol. The molecule has 1 atom stereocenters. The van der Waals surface area contributed by atoms with Gasteiger partial charge in [-0.3, -0.25) is 19.3 Å². The summed E-state index contributed by atoms with van der Waals surface area (Å²) in [7, 11) is 0.